The Balaban J connectivity index is 1.81. The summed E-state index contributed by atoms with van der Waals surface area (Å²) in [4.78, 5) is 20.8. The maximum absolute atomic E-state index is 13.6. The van der Waals surface area contributed by atoms with Crippen LogP contribution in [0.25, 0.3) is 11.3 Å². The molecular formula is C31H42N4O3. The van der Waals surface area contributed by atoms with Crippen molar-refractivity contribution in [1.82, 2.24) is 19.8 Å². The van der Waals surface area contributed by atoms with Crippen LogP contribution in [0.2, 0.25) is 0 Å². The minimum atomic E-state index is -0.264. The van der Waals surface area contributed by atoms with Gasteiger partial charge in [-0.2, -0.15) is 0 Å². The molecule has 0 unspecified atom stereocenters. The Morgan fingerprint density at radius 1 is 1.18 bits per heavy atom. The Morgan fingerprint density at radius 3 is 2.63 bits per heavy atom. The van der Waals surface area contributed by atoms with Crippen LogP contribution >= 0.6 is 0 Å². The Labute approximate surface area is 227 Å². The molecule has 1 aliphatic heterocycles. The SMILES string of the molecule is CCOc1cccc(Cn2cc(-c3ccccc3)nc2[C@H](N(C[C@H]2CCNC2)C(=O)COC)C(C)(C)C)c1. The molecule has 1 saturated heterocycles. The van der Waals surface area contributed by atoms with Crippen LogP contribution in [0.4, 0.5) is 0 Å². The number of hydrogen-bond acceptors (Lipinski definition) is 5. The number of hydrogen-bond donors (Lipinski definition) is 1. The van der Waals surface area contributed by atoms with Crippen molar-refractivity contribution < 1.29 is 14.3 Å². The third kappa shape index (κ3) is 6.83. The first-order chi connectivity index (χ1) is 18.3. The van der Waals surface area contributed by atoms with Crippen LogP contribution in [0, 0.1) is 11.3 Å². The van der Waals surface area contributed by atoms with Crippen molar-refractivity contribution >= 4 is 5.91 Å². The normalized spacial score (nSPS) is 16.4. The molecule has 3 aromatic rings. The first-order valence-electron chi connectivity index (χ1n) is 13.6. The number of nitrogens with zero attached hydrogens (tertiary/aromatic N) is 3. The van der Waals surface area contributed by atoms with E-state index in [1.165, 1.54) is 0 Å². The molecule has 7 nitrogen and oxygen atoms in total. The lowest BCUT2D eigenvalue weighted by molar-refractivity contribution is -0.141. The van der Waals surface area contributed by atoms with Crippen LogP contribution in [0.5, 0.6) is 5.75 Å². The second kappa shape index (κ2) is 12.6. The number of amides is 1. The van der Waals surface area contributed by atoms with Crippen LogP contribution in [0.1, 0.15) is 51.5 Å². The van der Waals surface area contributed by atoms with Crippen molar-refractivity contribution in [3.63, 3.8) is 0 Å². The number of ether oxygens (including phenoxy) is 2. The highest BCUT2D eigenvalue weighted by molar-refractivity contribution is 5.78. The predicted molar refractivity (Wildman–Crippen MR) is 151 cm³/mol. The van der Waals surface area contributed by atoms with Gasteiger partial charge in [-0.15, -0.1) is 0 Å². The van der Waals surface area contributed by atoms with Gasteiger partial charge in [0.2, 0.25) is 5.91 Å². The predicted octanol–water partition coefficient (Wildman–Crippen LogP) is 5.17. The van der Waals surface area contributed by atoms with Crippen molar-refractivity contribution in [1.29, 1.82) is 0 Å². The summed E-state index contributed by atoms with van der Waals surface area (Å²) >= 11 is 0. The maximum atomic E-state index is 13.6. The minimum absolute atomic E-state index is 0.00604. The van der Waals surface area contributed by atoms with Crippen LogP contribution < -0.4 is 10.1 Å². The Hall–Kier alpha value is -3.16. The fourth-order valence-corrected chi connectivity index (χ4v) is 5.32. The lowest BCUT2D eigenvalue weighted by Crippen LogP contribution is -2.46. The highest BCUT2D eigenvalue weighted by Gasteiger charge is 2.39. The van der Waals surface area contributed by atoms with Crippen LogP contribution in [-0.2, 0) is 16.1 Å². The van der Waals surface area contributed by atoms with E-state index in [-0.39, 0.29) is 24.0 Å². The Morgan fingerprint density at radius 2 is 1.97 bits per heavy atom. The van der Waals surface area contributed by atoms with E-state index in [1.807, 2.05) is 42.2 Å². The lowest BCUT2D eigenvalue weighted by Gasteiger charge is -2.41. The zero-order valence-electron chi connectivity index (χ0n) is 23.4. The molecule has 2 heterocycles. The first-order valence-corrected chi connectivity index (χ1v) is 13.6. The Kier molecular flexibility index (Phi) is 9.23. The van der Waals surface area contributed by atoms with Gasteiger partial charge in [-0.3, -0.25) is 4.79 Å². The molecule has 0 radical (unpaired) electrons. The summed E-state index contributed by atoms with van der Waals surface area (Å²) in [6.07, 6.45) is 3.18. The molecule has 4 rings (SSSR count). The quantitative estimate of drug-likeness (QED) is 0.379. The molecule has 2 aromatic carbocycles. The number of nitrogens with one attached hydrogen (secondary N) is 1. The van der Waals surface area contributed by atoms with E-state index in [0.717, 1.165) is 47.9 Å². The smallest absolute Gasteiger partial charge is 0.249 e. The number of carbonyl (C=O) groups excluding carboxylic acids is 1. The van der Waals surface area contributed by atoms with E-state index in [9.17, 15) is 4.79 Å². The van der Waals surface area contributed by atoms with Crippen molar-refractivity contribution in [3.05, 3.63) is 72.2 Å². The Bertz CT molecular complexity index is 1180. The molecule has 2 atom stereocenters. The maximum Gasteiger partial charge on any atom is 0.249 e. The minimum Gasteiger partial charge on any atom is -0.494 e. The van der Waals surface area contributed by atoms with Gasteiger partial charge in [0.25, 0.3) is 0 Å². The van der Waals surface area contributed by atoms with E-state index < -0.39 is 0 Å². The summed E-state index contributed by atoms with van der Waals surface area (Å²) in [6.45, 7) is 12.4. The summed E-state index contributed by atoms with van der Waals surface area (Å²) in [7, 11) is 1.58. The van der Waals surface area contributed by atoms with Crippen molar-refractivity contribution in [2.45, 2.75) is 46.7 Å². The van der Waals surface area contributed by atoms with Gasteiger partial charge in [-0.25, -0.2) is 4.98 Å². The van der Waals surface area contributed by atoms with Crippen molar-refractivity contribution in [3.8, 4) is 17.0 Å². The lowest BCUT2D eigenvalue weighted by atomic mass is 9.84. The zero-order chi connectivity index (χ0) is 27.1. The second-order valence-electron chi connectivity index (χ2n) is 11.2. The molecule has 1 aromatic heterocycles. The summed E-state index contributed by atoms with van der Waals surface area (Å²) in [5, 5.41) is 3.45. The van der Waals surface area contributed by atoms with E-state index in [4.69, 9.17) is 14.5 Å². The molecule has 38 heavy (non-hydrogen) atoms. The van der Waals surface area contributed by atoms with Gasteiger partial charge < -0.3 is 24.3 Å². The molecule has 0 saturated carbocycles. The molecule has 0 bridgehead atoms. The highest BCUT2D eigenvalue weighted by Crippen LogP contribution is 2.40. The second-order valence-corrected chi connectivity index (χ2v) is 11.2. The fraction of sp³-hybridized carbons (Fsp3) is 0.484. The largest absolute Gasteiger partial charge is 0.494 e. The van der Waals surface area contributed by atoms with Crippen molar-refractivity contribution in [2.24, 2.45) is 11.3 Å². The average molecular weight is 519 g/mol. The molecule has 0 aliphatic carbocycles. The first kappa shape index (κ1) is 27.9. The summed E-state index contributed by atoms with van der Waals surface area (Å²) in [5.74, 6) is 2.13. The average Bonchev–Trinajstić information content (AvgIpc) is 3.54. The van der Waals surface area contributed by atoms with E-state index in [2.05, 4.69) is 61.1 Å². The van der Waals surface area contributed by atoms with Gasteiger partial charge in [0, 0.05) is 32.0 Å². The van der Waals surface area contributed by atoms with Gasteiger partial charge in [-0.1, -0.05) is 63.2 Å². The van der Waals surface area contributed by atoms with Crippen LogP contribution in [0.15, 0.2) is 60.8 Å². The highest BCUT2D eigenvalue weighted by atomic mass is 16.5. The van der Waals surface area contributed by atoms with Gasteiger partial charge >= 0.3 is 0 Å². The number of carbonyl (C=O) groups is 1. The van der Waals surface area contributed by atoms with E-state index >= 15 is 0 Å². The third-order valence-electron chi connectivity index (χ3n) is 7.02. The van der Waals surface area contributed by atoms with Gasteiger partial charge in [0.1, 0.15) is 18.2 Å². The molecule has 1 N–H and O–H groups in total. The standard InChI is InChI=1S/C31H42N4O3/c1-6-38-26-14-10-11-23(17-26)19-34-21-27(25-12-8-7-9-13-25)33-30(34)29(31(2,3)4)35(28(36)22-37-5)20-24-15-16-32-18-24/h7-14,17,21,24,29,32H,6,15-16,18-20,22H2,1-5H3/t24-,29-/m0/s1. The van der Waals surface area contributed by atoms with Gasteiger partial charge in [0.05, 0.1) is 18.3 Å². The van der Waals surface area contributed by atoms with Crippen LogP contribution in [0.3, 0.4) is 0 Å². The number of methoxy groups -OCH3 is 1. The summed E-state index contributed by atoms with van der Waals surface area (Å²) in [6, 6.07) is 18.2. The van der Waals surface area contributed by atoms with Crippen LogP contribution in [-0.4, -0.2) is 60.3 Å². The molecule has 1 amide bonds. The van der Waals surface area contributed by atoms with E-state index in [1.54, 1.807) is 7.11 Å². The molecule has 0 spiro atoms. The number of rotatable bonds is 11. The van der Waals surface area contributed by atoms with Gasteiger partial charge in [-0.05, 0) is 55.5 Å². The topological polar surface area (TPSA) is 68.6 Å². The van der Waals surface area contributed by atoms with Gasteiger partial charge in [0.15, 0.2) is 0 Å². The third-order valence-corrected chi connectivity index (χ3v) is 7.02. The van der Waals surface area contributed by atoms with Crippen molar-refractivity contribution in [2.75, 3.05) is 40.0 Å². The monoisotopic (exact) mass is 518 g/mol. The fourth-order valence-electron chi connectivity index (χ4n) is 5.32. The number of imidazole rings is 1. The molecule has 204 valence electrons. The number of benzene rings is 2. The summed E-state index contributed by atoms with van der Waals surface area (Å²) < 4.78 is 13.3. The molecule has 1 aliphatic rings. The molecular weight excluding hydrogens is 476 g/mol. The molecule has 7 heteroatoms. The molecule has 1 fully saturated rings. The summed E-state index contributed by atoms with van der Waals surface area (Å²) in [5.41, 5.74) is 2.81. The number of aromatic nitrogens is 2. The zero-order valence-corrected chi connectivity index (χ0v) is 23.4. The van der Waals surface area contributed by atoms with E-state index in [0.29, 0.717) is 25.6 Å².